The molecule has 1 aromatic rings. The van der Waals surface area contributed by atoms with Crippen LogP contribution >= 0.6 is 0 Å². The summed E-state index contributed by atoms with van der Waals surface area (Å²) in [5.41, 5.74) is 0.376. The van der Waals surface area contributed by atoms with Crippen LogP contribution in [0.2, 0.25) is 0 Å². The van der Waals surface area contributed by atoms with Crippen molar-refractivity contribution in [3.8, 4) is 0 Å². The smallest absolute Gasteiger partial charge is 0.410 e. The molecule has 0 bridgehead atoms. The van der Waals surface area contributed by atoms with E-state index in [0.717, 1.165) is 5.56 Å². The number of esters is 1. The Labute approximate surface area is 208 Å². The van der Waals surface area contributed by atoms with Crippen LogP contribution in [-0.4, -0.2) is 71.6 Å². The van der Waals surface area contributed by atoms with E-state index in [-0.39, 0.29) is 36.5 Å². The van der Waals surface area contributed by atoms with Gasteiger partial charge in [-0.3, -0.25) is 9.59 Å². The first-order chi connectivity index (χ1) is 16.6. The van der Waals surface area contributed by atoms with Crippen molar-refractivity contribution in [2.24, 2.45) is 5.92 Å². The molecule has 0 aliphatic carbocycles. The average molecular weight is 486 g/mol. The van der Waals surface area contributed by atoms with E-state index in [2.05, 4.69) is 11.4 Å². The predicted octanol–water partition coefficient (Wildman–Crippen LogP) is 3.51. The third-order valence-electron chi connectivity index (χ3n) is 6.57. The minimum Gasteiger partial charge on any atom is -0.461 e. The lowest BCUT2D eigenvalue weighted by atomic mass is 9.95. The second kappa shape index (κ2) is 11.7. The van der Waals surface area contributed by atoms with Crippen LogP contribution in [0.4, 0.5) is 4.79 Å². The maximum absolute atomic E-state index is 13.4. The molecular weight excluding hydrogens is 446 g/mol. The fourth-order valence-electron chi connectivity index (χ4n) is 4.43. The molecule has 1 saturated heterocycles. The Kier molecular flexibility index (Phi) is 8.94. The highest BCUT2D eigenvalue weighted by Crippen LogP contribution is 2.31. The Morgan fingerprint density at radius 3 is 2.54 bits per heavy atom. The summed E-state index contributed by atoms with van der Waals surface area (Å²) in [5, 5.41) is 3.33. The minimum atomic E-state index is -0.567. The predicted molar refractivity (Wildman–Crippen MR) is 133 cm³/mol. The monoisotopic (exact) mass is 485 g/mol. The van der Waals surface area contributed by atoms with Gasteiger partial charge in [0.25, 0.3) is 0 Å². The highest BCUT2D eigenvalue weighted by Gasteiger charge is 2.43. The van der Waals surface area contributed by atoms with Gasteiger partial charge in [-0.1, -0.05) is 42.5 Å². The molecule has 3 rings (SSSR count). The van der Waals surface area contributed by atoms with Gasteiger partial charge in [0.15, 0.2) is 0 Å². The number of rotatable bonds is 7. The van der Waals surface area contributed by atoms with E-state index in [1.807, 2.05) is 69.0 Å². The first-order valence-electron chi connectivity index (χ1n) is 12.4. The highest BCUT2D eigenvalue weighted by atomic mass is 16.6. The van der Waals surface area contributed by atoms with Crippen LogP contribution in [0.3, 0.4) is 0 Å². The second-order valence-corrected chi connectivity index (χ2v) is 10.4. The van der Waals surface area contributed by atoms with Crippen molar-refractivity contribution in [3.05, 3.63) is 48.0 Å². The molecule has 3 unspecified atom stereocenters. The summed E-state index contributed by atoms with van der Waals surface area (Å²) in [6.07, 6.45) is 5.46. The molecule has 0 spiro atoms. The largest absolute Gasteiger partial charge is 0.461 e. The molecular formula is C27H39N3O5. The molecule has 0 saturated carbocycles. The molecule has 1 N–H and O–H groups in total. The van der Waals surface area contributed by atoms with E-state index >= 15 is 0 Å². The zero-order chi connectivity index (χ0) is 25.6. The Morgan fingerprint density at radius 2 is 1.86 bits per heavy atom. The molecule has 2 aliphatic heterocycles. The summed E-state index contributed by atoms with van der Waals surface area (Å²) >= 11 is 0. The normalized spacial score (nSPS) is 23.2. The van der Waals surface area contributed by atoms with Gasteiger partial charge in [0, 0.05) is 32.2 Å². The second-order valence-electron chi connectivity index (χ2n) is 10.4. The lowest BCUT2D eigenvalue weighted by Crippen LogP contribution is -2.53. The SMILES string of the molecule is C[C@@H](CNC1CC=CCC2C(C(=O)OCc3ccccc3)CCN2C1=O)N(C)C(=O)OC(C)(C)C. The lowest BCUT2D eigenvalue weighted by Gasteiger charge is -2.33. The van der Waals surface area contributed by atoms with Crippen LogP contribution in [0.5, 0.6) is 0 Å². The first-order valence-corrected chi connectivity index (χ1v) is 12.4. The van der Waals surface area contributed by atoms with Crippen molar-refractivity contribution < 1.29 is 23.9 Å². The van der Waals surface area contributed by atoms with Crippen LogP contribution in [-0.2, 0) is 25.7 Å². The molecule has 1 fully saturated rings. The van der Waals surface area contributed by atoms with Crippen LogP contribution < -0.4 is 5.32 Å². The molecule has 35 heavy (non-hydrogen) atoms. The first kappa shape index (κ1) is 26.7. The summed E-state index contributed by atoms with van der Waals surface area (Å²) in [7, 11) is 1.70. The molecule has 0 aromatic heterocycles. The van der Waals surface area contributed by atoms with Crippen molar-refractivity contribution in [1.29, 1.82) is 0 Å². The molecule has 8 nitrogen and oxygen atoms in total. The zero-order valence-corrected chi connectivity index (χ0v) is 21.5. The number of carbonyl (C=O) groups excluding carboxylic acids is 3. The standard InChI is InChI=1S/C27H39N3O5/c1-19(29(5)26(33)35-27(2,3)4)17-28-22-13-9-10-14-23-21(15-16-30(23)24(22)31)25(32)34-18-20-11-7-6-8-12-20/h6-12,19,21-23,28H,13-18H2,1-5H3/t19-,21?,22?,23?/m0/s1. The number of hydrogen-bond donors (Lipinski definition) is 1. The molecule has 2 amide bonds. The molecule has 4 atom stereocenters. The van der Waals surface area contributed by atoms with E-state index in [1.54, 1.807) is 11.9 Å². The van der Waals surface area contributed by atoms with Gasteiger partial charge < -0.3 is 24.6 Å². The number of benzene rings is 1. The van der Waals surface area contributed by atoms with Gasteiger partial charge in [-0.05, 0) is 52.5 Å². The van der Waals surface area contributed by atoms with Crippen molar-refractivity contribution in [3.63, 3.8) is 0 Å². The topological polar surface area (TPSA) is 88.2 Å². The van der Waals surface area contributed by atoms with Crippen LogP contribution in [0.1, 0.15) is 52.5 Å². The van der Waals surface area contributed by atoms with Gasteiger partial charge in [-0.15, -0.1) is 0 Å². The maximum Gasteiger partial charge on any atom is 0.410 e. The number of nitrogens with zero attached hydrogens (tertiary/aromatic N) is 2. The number of hydrogen-bond acceptors (Lipinski definition) is 6. The summed E-state index contributed by atoms with van der Waals surface area (Å²) in [4.78, 5) is 42.0. The molecule has 192 valence electrons. The van der Waals surface area contributed by atoms with Gasteiger partial charge in [0.2, 0.25) is 5.91 Å². The third kappa shape index (κ3) is 7.31. The van der Waals surface area contributed by atoms with Crippen molar-refractivity contribution in [2.45, 2.75) is 77.3 Å². The minimum absolute atomic E-state index is 0.00942. The quantitative estimate of drug-likeness (QED) is 0.470. The molecule has 2 aliphatic rings. The maximum atomic E-state index is 13.4. The summed E-state index contributed by atoms with van der Waals surface area (Å²) in [6, 6.07) is 8.82. The summed E-state index contributed by atoms with van der Waals surface area (Å²) in [5.74, 6) is -0.589. The fourth-order valence-corrected chi connectivity index (χ4v) is 4.43. The van der Waals surface area contributed by atoms with E-state index in [9.17, 15) is 14.4 Å². The van der Waals surface area contributed by atoms with E-state index in [1.165, 1.54) is 0 Å². The number of nitrogens with one attached hydrogen (secondary N) is 1. The Balaban J connectivity index is 1.57. The van der Waals surface area contributed by atoms with Crippen molar-refractivity contribution >= 4 is 18.0 Å². The lowest BCUT2D eigenvalue weighted by molar-refractivity contribution is -0.151. The van der Waals surface area contributed by atoms with E-state index in [4.69, 9.17) is 9.47 Å². The molecule has 1 aromatic carbocycles. The molecule has 2 heterocycles. The Bertz CT molecular complexity index is 911. The Hall–Kier alpha value is -2.87. The Morgan fingerprint density at radius 1 is 1.17 bits per heavy atom. The highest BCUT2D eigenvalue weighted by molar-refractivity contribution is 5.84. The van der Waals surface area contributed by atoms with Gasteiger partial charge in [-0.2, -0.15) is 0 Å². The number of likely N-dealkylation sites (N-methyl/N-ethyl adjacent to an activating group) is 1. The van der Waals surface area contributed by atoms with Gasteiger partial charge in [0.1, 0.15) is 12.2 Å². The van der Waals surface area contributed by atoms with E-state index in [0.29, 0.717) is 32.4 Å². The summed E-state index contributed by atoms with van der Waals surface area (Å²) in [6.45, 7) is 8.63. The van der Waals surface area contributed by atoms with Crippen LogP contribution in [0.25, 0.3) is 0 Å². The third-order valence-corrected chi connectivity index (χ3v) is 6.57. The zero-order valence-electron chi connectivity index (χ0n) is 21.5. The van der Waals surface area contributed by atoms with Gasteiger partial charge >= 0.3 is 12.1 Å². The number of fused-ring (bicyclic) bond motifs is 1. The average Bonchev–Trinajstić information content (AvgIpc) is 3.22. The van der Waals surface area contributed by atoms with Crippen LogP contribution in [0.15, 0.2) is 42.5 Å². The number of amides is 2. The molecule has 0 radical (unpaired) electrons. The fraction of sp³-hybridized carbons (Fsp3) is 0.593. The van der Waals surface area contributed by atoms with Crippen molar-refractivity contribution in [1.82, 2.24) is 15.1 Å². The van der Waals surface area contributed by atoms with E-state index < -0.39 is 17.7 Å². The summed E-state index contributed by atoms with van der Waals surface area (Å²) < 4.78 is 11.0. The van der Waals surface area contributed by atoms with Crippen molar-refractivity contribution in [2.75, 3.05) is 20.1 Å². The van der Waals surface area contributed by atoms with Gasteiger partial charge in [0.05, 0.1) is 12.0 Å². The molecule has 8 heteroatoms. The van der Waals surface area contributed by atoms with Gasteiger partial charge in [-0.25, -0.2) is 4.79 Å². The number of carbonyl (C=O) groups is 3. The van der Waals surface area contributed by atoms with Crippen LogP contribution in [0, 0.1) is 5.92 Å². The number of ether oxygens (including phenoxy) is 2.